The van der Waals surface area contributed by atoms with Gasteiger partial charge in [-0.05, 0) is 18.6 Å². The van der Waals surface area contributed by atoms with Crippen LogP contribution in [0.1, 0.15) is 44.2 Å². The van der Waals surface area contributed by atoms with Crippen LogP contribution in [0, 0.1) is 12.3 Å². The van der Waals surface area contributed by atoms with Gasteiger partial charge in [-0.3, -0.25) is 9.69 Å². The Morgan fingerprint density at radius 3 is 2.58 bits per heavy atom. The van der Waals surface area contributed by atoms with E-state index in [-0.39, 0.29) is 17.6 Å². The molecule has 138 valence electrons. The third kappa shape index (κ3) is 4.44. The lowest BCUT2D eigenvalue weighted by Gasteiger charge is -2.38. The molecule has 0 aliphatic carbocycles. The van der Waals surface area contributed by atoms with E-state index in [9.17, 15) is 4.79 Å². The van der Waals surface area contributed by atoms with Gasteiger partial charge in [-0.15, -0.1) is 12.3 Å². The zero-order chi connectivity index (χ0) is 18.6. The fourth-order valence-corrected chi connectivity index (χ4v) is 3.80. The van der Waals surface area contributed by atoms with Crippen LogP contribution in [0.25, 0.3) is 0 Å². The molecule has 0 radical (unpaired) electrons. The Balaban J connectivity index is 1.45. The summed E-state index contributed by atoms with van der Waals surface area (Å²) in [4.78, 5) is 16.8. The molecule has 1 aromatic rings. The molecule has 1 fully saturated rings. The Labute approximate surface area is 160 Å². The van der Waals surface area contributed by atoms with Gasteiger partial charge in [0.1, 0.15) is 0 Å². The van der Waals surface area contributed by atoms with E-state index in [1.165, 1.54) is 0 Å². The molecule has 1 saturated heterocycles. The van der Waals surface area contributed by atoms with Crippen molar-refractivity contribution in [3.05, 3.63) is 34.9 Å². The maximum absolute atomic E-state index is 12.5. The zero-order valence-corrected chi connectivity index (χ0v) is 16.0. The van der Waals surface area contributed by atoms with Crippen molar-refractivity contribution < 1.29 is 4.79 Å². The van der Waals surface area contributed by atoms with Crippen LogP contribution in [0.15, 0.2) is 34.5 Å². The topological polar surface area (TPSA) is 48.3 Å². The summed E-state index contributed by atoms with van der Waals surface area (Å²) in [6, 6.07) is 8.21. The molecule has 2 aliphatic rings. The Morgan fingerprint density at radius 2 is 1.96 bits per heavy atom. The highest BCUT2D eigenvalue weighted by Crippen LogP contribution is 2.37. The van der Waals surface area contributed by atoms with Crippen molar-refractivity contribution in [3.63, 3.8) is 0 Å². The molecule has 0 saturated carbocycles. The van der Waals surface area contributed by atoms with E-state index in [4.69, 9.17) is 18.0 Å². The number of piperazine rings is 1. The highest BCUT2D eigenvalue weighted by Gasteiger charge is 2.39. The molecule has 5 nitrogen and oxygen atoms in total. The first-order valence-corrected chi connectivity index (χ1v) is 9.56. The van der Waals surface area contributed by atoms with Crippen LogP contribution in [0.3, 0.4) is 0 Å². The number of carbonyl (C=O) groups is 1. The van der Waals surface area contributed by atoms with Gasteiger partial charge in [0, 0.05) is 62.9 Å². The number of hydrogen-bond acceptors (Lipinski definition) is 4. The minimum absolute atomic E-state index is 0.187. The van der Waals surface area contributed by atoms with E-state index in [1.54, 1.807) is 0 Å². The van der Waals surface area contributed by atoms with Gasteiger partial charge in [0.25, 0.3) is 0 Å². The van der Waals surface area contributed by atoms with E-state index < -0.39 is 0 Å². The molecule has 1 atom stereocenters. The molecule has 1 unspecified atom stereocenters. The monoisotopic (exact) mass is 372 g/mol. The van der Waals surface area contributed by atoms with Gasteiger partial charge in [0.2, 0.25) is 5.91 Å². The molecule has 0 aromatic heterocycles. The smallest absolute Gasteiger partial charge is 0.222 e. The van der Waals surface area contributed by atoms with Crippen LogP contribution >= 0.6 is 11.6 Å². The van der Waals surface area contributed by atoms with Crippen molar-refractivity contribution in [2.45, 2.75) is 44.3 Å². The normalized spacial score (nSPS) is 19.8. The van der Waals surface area contributed by atoms with Gasteiger partial charge in [0.05, 0.1) is 0 Å². The van der Waals surface area contributed by atoms with Crippen LogP contribution in [0.4, 0.5) is 0 Å². The lowest BCUT2D eigenvalue weighted by molar-refractivity contribution is -0.133. The zero-order valence-electron chi connectivity index (χ0n) is 15.2. The van der Waals surface area contributed by atoms with Crippen molar-refractivity contribution in [2.75, 3.05) is 26.2 Å². The first-order chi connectivity index (χ1) is 12.5. The Bertz CT molecular complexity index is 713. The van der Waals surface area contributed by atoms with Crippen LogP contribution in [0.2, 0.25) is 5.02 Å². The number of rotatable bonds is 7. The number of halogens is 1. The number of nitrogens with zero attached hydrogens (tertiary/aromatic N) is 4. The number of amides is 1. The Kier molecular flexibility index (Phi) is 5.95. The van der Waals surface area contributed by atoms with Gasteiger partial charge in [-0.2, -0.15) is 10.2 Å². The van der Waals surface area contributed by atoms with Crippen LogP contribution in [-0.4, -0.2) is 47.5 Å². The molecule has 0 bridgehead atoms. The van der Waals surface area contributed by atoms with E-state index in [2.05, 4.69) is 34.0 Å². The minimum atomic E-state index is -0.373. The van der Waals surface area contributed by atoms with E-state index >= 15 is 0 Å². The average Bonchev–Trinajstić information content (AvgIpc) is 3.45. The molecular formula is C20H25ClN4O. The SMILES string of the molecule is C#CCCC1(CCC(=O)N2CCN(C(C)c3ccccc3Cl)CC2)N=N1. The summed E-state index contributed by atoms with van der Waals surface area (Å²) >= 11 is 6.32. The lowest BCUT2D eigenvalue weighted by Crippen LogP contribution is -2.49. The quantitative estimate of drug-likeness (QED) is 0.681. The van der Waals surface area contributed by atoms with Gasteiger partial charge in [0.15, 0.2) is 5.66 Å². The van der Waals surface area contributed by atoms with E-state index in [1.807, 2.05) is 23.1 Å². The third-order valence-corrected chi connectivity index (χ3v) is 5.71. The van der Waals surface area contributed by atoms with Crippen molar-refractivity contribution >= 4 is 17.5 Å². The van der Waals surface area contributed by atoms with Gasteiger partial charge in [-0.25, -0.2) is 0 Å². The van der Waals surface area contributed by atoms with Gasteiger partial charge in [-0.1, -0.05) is 29.8 Å². The maximum Gasteiger partial charge on any atom is 0.222 e. The minimum Gasteiger partial charge on any atom is -0.340 e. The number of benzene rings is 1. The van der Waals surface area contributed by atoms with Crippen molar-refractivity contribution in [2.24, 2.45) is 10.2 Å². The second kappa shape index (κ2) is 8.20. The molecule has 26 heavy (non-hydrogen) atoms. The Morgan fingerprint density at radius 1 is 1.27 bits per heavy atom. The number of carbonyl (C=O) groups excluding carboxylic acids is 1. The molecule has 2 heterocycles. The van der Waals surface area contributed by atoms with Crippen molar-refractivity contribution in [1.82, 2.24) is 9.80 Å². The molecule has 3 rings (SSSR count). The van der Waals surface area contributed by atoms with Crippen molar-refractivity contribution in [3.8, 4) is 12.3 Å². The standard InChI is InChI=1S/C20H25ClN4O/c1-3-4-10-20(22-23-20)11-9-19(26)25-14-12-24(13-15-25)16(2)17-7-5-6-8-18(17)21/h1,5-8,16H,4,9-15H2,2H3. The van der Waals surface area contributed by atoms with Crippen molar-refractivity contribution in [1.29, 1.82) is 0 Å². The summed E-state index contributed by atoms with van der Waals surface area (Å²) < 4.78 is 0. The summed E-state index contributed by atoms with van der Waals surface area (Å²) in [7, 11) is 0. The molecule has 1 amide bonds. The summed E-state index contributed by atoms with van der Waals surface area (Å²) in [5, 5.41) is 9.01. The fourth-order valence-electron chi connectivity index (χ4n) is 3.50. The number of terminal acetylenes is 1. The van der Waals surface area contributed by atoms with Crippen LogP contribution in [-0.2, 0) is 4.79 Å². The predicted molar refractivity (Wildman–Crippen MR) is 103 cm³/mol. The predicted octanol–water partition coefficient (Wildman–Crippen LogP) is 3.90. The first kappa shape index (κ1) is 18.9. The van der Waals surface area contributed by atoms with E-state index in [0.29, 0.717) is 19.3 Å². The number of hydrogen-bond donors (Lipinski definition) is 0. The van der Waals surface area contributed by atoms with Gasteiger partial charge < -0.3 is 4.90 Å². The van der Waals surface area contributed by atoms with Gasteiger partial charge >= 0.3 is 0 Å². The summed E-state index contributed by atoms with van der Waals surface area (Å²) in [6.45, 7) is 5.38. The maximum atomic E-state index is 12.5. The summed E-state index contributed by atoms with van der Waals surface area (Å²) in [6.07, 6.45) is 7.86. The highest BCUT2D eigenvalue weighted by molar-refractivity contribution is 6.31. The Hall–Kier alpha value is -1.90. The highest BCUT2D eigenvalue weighted by atomic mass is 35.5. The average molecular weight is 373 g/mol. The molecule has 0 N–H and O–H groups in total. The fraction of sp³-hybridized carbons (Fsp3) is 0.550. The molecular weight excluding hydrogens is 348 g/mol. The lowest BCUT2D eigenvalue weighted by atomic mass is 10.0. The largest absolute Gasteiger partial charge is 0.340 e. The summed E-state index contributed by atoms with van der Waals surface area (Å²) in [5.74, 6) is 2.80. The van der Waals surface area contributed by atoms with E-state index in [0.717, 1.165) is 43.2 Å². The third-order valence-electron chi connectivity index (χ3n) is 5.36. The molecule has 1 aromatic carbocycles. The van der Waals surface area contributed by atoms with Crippen LogP contribution in [0.5, 0.6) is 0 Å². The molecule has 0 spiro atoms. The second-order valence-electron chi connectivity index (χ2n) is 7.00. The molecule has 6 heteroatoms. The molecule has 2 aliphatic heterocycles. The first-order valence-electron chi connectivity index (χ1n) is 9.18. The summed E-state index contributed by atoms with van der Waals surface area (Å²) in [5.41, 5.74) is 0.768. The van der Waals surface area contributed by atoms with Crippen LogP contribution < -0.4 is 0 Å². The second-order valence-corrected chi connectivity index (χ2v) is 7.41.